The zero-order chi connectivity index (χ0) is 14.5. The third-order valence-corrected chi connectivity index (χ3v) is 3.60. The van der Waals surface area contributed by atoms with E-state index in [0.29, 0.717) is 12.1 Å². The van der Waals surface area contributed by atoms with Crippen LogP contribution in [0.15, 0.2) is 22.7 Å². The van der Waals surface area contributed by atoms with Crippen molar-refractivity contribution in [2.45, 2.75) is 20.3 Å². The summed E-state index contributed by atoms with van der Waals surface area (Å²) in [6.45, 7) is 3.59. The third-order valence-electron chi connectivity index (χ3n) is 2.19. The van der Waals surface area contributed by atoms with Gasteiger partial charge in [-0.1, -0.05) is 22.9 Å². The number of benzene rings is 1. The Morgan fingerprint density at radius 1 is 1.37 bits per heavy atom. The predicted octanol–water partition coefficient (Wildman–Crippen LogP) is 2.41. The van der Waals surface area contributed by atoms with Crippen LogP contribution in [0.1, 0.15) is 19.4 Å². The number of carbonyl (C=O) groups excluding carboxylic acids is 1. The normalized spacial score (nSPS) is 10.9. The van der Waals surface area contributed by atoms with Crippen molar-refractivity contribution in [3.8, 4) is 0 Å². The molecule has 19 heavy (non-hydrogen) atoms. The van der Waals surface area contributed by atoms with Crippen LogP contribution in [-0.4, -0.2) is 21.1 Å². The number of halogens is 1. The van der Waals surface area contributed by atoms with E-state index in [-0.39, 0.29) is 6.61 Å². The predicted molar refractivity (Wildman–Crippen MR) is 76.2 cm³/mol. The van der Waals surface area contributed by atoms with Gasteiger partial charge < -0.3 is 4.74 Å². The van der Waals surface area contributed by atoms with E-state index in [1.54, 1.807) is 23.8 Å². The van der Waals surface area contributed by atoms with Crippen molar-refractivity contribution in [3.05, 3.63) is 28.2 Å². The summed E-state index contributed by atoms with van der Waals surface area (Å²) in [7, 11) is -3.99. The fraction of sp³-hybridized carbons (Fsp3) is 0.364. The molecule has 0 aromatic heterocycles. The standard InChI is InChI=1S/C11H15BrN2O4S/c1-3-8-7-9(12)5-6-10(8)13-19(16,17)14-11(15)18-4-2/h5-7,13H,3-4H2,1-2H3,(H,14,15). The van der Waals surface area contributed by atoms with Gasteiger partial charge in [-0.05, 0) is 37.1 Å². The molecule has 0 saturated heterocycles. The van der Waals surface area contributed by atoms with E-state index in [9.17, 15) is 13.2 Å². The van der Waals surface area contributed by atoms with Gasteiger partial charge in [-0.3, -0.25) is 4.72 Å². The molecule has 0 bridgehead atoms. The Labute approximate surface area is 120 Å². The van der Waals surface area contributed by atoms with Gasteiger partial charge in [-0.25, -0.2) is 9.52 Å². The number of hydrogen-bond acceptors (Lipinski definition) is 4. The third kappa shape index (κ3) is 5.07. The minimum Gasteiger partial charge on any atom is -0.449 e. The molecule has 0 fully saturated rings. The number of aryl methyl sites for hydroxylation is 1. The van der Waals surface area contributed by atoms with Crippen LogP contribution in [0.3, 0.4) is 0 Å². The van der Waals surface area contributed by atoms with Crippen molar-refractivity contribution >= 4 is 37.9 Å². The highest BCUT2D eigenvalue weighted by molar-refractivity contribution is 9.10. The van der Waals surface area contributed by atoms with Crippen molar-refractivity contribution in [3.63, 3.8) is 0 Å². The maximum atomic E-state index is 11.7. The Hall–Kier alpha value is -1.28. The molecule has 8 heteroatoms. The average Bonchev–Trinajstić information content (AvgIpc) is 2.30. The first-order valence-electron chi connectivity index (χ1n) is 5.63. The van der Waals surface area contributed by atoms with Crippen LogP contribution in [0.5, 0.6) is 0 Å². The van der Waals surface area contributed by atoms with E-state index in [0.717, 1.165) is 10.0 Å². The molecule has 6 nitrogen and oxygen atoms in total. The fourth-order valence-electron chi connectivity index (χ4n) is 1.39. The van der Waals surface area contributed by atoms with Crippen molar-refractivity contribution in [1.82, 2.24) is 4.72 Å². The van der Waals surface area contributed by atoms with E-state index in [1.165, 1.54) is 0 Å². The van der Waals surface area contributed by atoms with E-state index in [1.807, 2.05) is 13.0 Å². The summed E-state index contributed by atoms with van der Waals surface area (Å²) in [5.74, 6) is 0. The van der Waals surface area contributed by atoms with Crippen LogP contribution in [0.25, 0.3) is 0 Å². The molecular weight excluding hydrogens is 336 g/mol. The lowest BCUT2D eigenvalue weighted by Gasteiger charge is -2.12. The zero-order valence-corrected chi connectivity index (χ0v) is 13.0. The molecule has 1 rings (SSSR count). The Morgan fingerprint density at radius 2 is 2.05 bits per heavy atom. The summed E-state index contributed by atoms with van der Waals surface area (Å²) in [5.41, 5.74) is 1.23. The summed E-state index contributed by atoms with van der Waals surface area (Å²) in [6.07, 6.45) is -0.360. The van der Waals surface area contributed by atoms with Gasteiger partial charge in [0.15, 0.2) is 0 Å². The number of rotatable bonds is 5. The van der Waals surface area contributed by atoms with Crippen LogP contribution in [-0.2, 0) is 21.4 Å². The van der Waals surface area contributed by atoms with E-state index < -0.39 is 16.3 Å². The van der Waals surface area contributed by atoms with E-state index in [4.69, 9.17) is 0 Å². The lowest BCUT2D eigenvalue weighted by atomic mass is 10.1. The molecule has 0 aliphatic heterocycles. The summed E-state index contributed by atoms with van der Waals surface area (Å²) < 4.78 is 32.8. The van der Waals surface area contributed by atoms with Gasteiger partial charge >= 0.3 is 16.3 Å². The highest BCUT2D eigenvalue weighted by Gasteiger charge is 2.16. The smallest absolute Gasteiger partial charge is 0.422 e. The number of ether oxygens (including phenoxy) is 1. The minimum atomic E-state index is -3.99. The van der Waals surface area contributed by atoms with Crippen LogP contribution >= 0.6 is 15.9 Å². The summed E-state index contributed by atoms with van der Waals surface area (Å²) in [4.78, 5) is 11.1. The molecule has 0 saturated carbocycles. The monoisotopic (exact) mass is 350 g/mol. The van der Waals surface area contributed by atoms with Gasteiger partial charge in [-0.15, -0.1) is 0 Å². The van der Waals surface area contributed by atoms with Crippen molar-refractivity contribution < 1.29 is 17.9 Å². The number of carbonyl (C=O) groups is 1. The highest BCUT2D eigenvalue weighted by atomic mass is 79.9. The van der Waals surface area contributed by atoms with Gasteiger partial charge in [0.05, 0.1) is 12.3 Å². The lowest BCUT2D eigenvalue weighted by molar-refractivity contribution is 0.159. The maximum absolute atomic E-state index is 11.7. The highest BCUT2D eigenvalue weighted by Crippen LogP contribution is 2.22. The van der Waals surface area contributed by atoms with Crippen LogP contribution in [0, 0.1) is 0 Å². The van der Waals surface area contributed by atoms with E-state index in [2.05, 4.69) is 25.4 Å². The first-order chi connectivity index (χ1) is 8.88. The van der Waals surface area contributed by atoms with Gasteiger partial charge in [0.1, 0.15) is 0 Å². The topological polar surface area (TPSA) is 84.5 Å². The second-order valence-electron chi connectivity index (χ2n) is 3.58. The Bertz CT molecular complexity index is 560. The number of hydrogen-bond donors (Lipinski definition) is 2. The zero-order valence-electron chi connectivity index (χ0n) is 10.6. The lowest BCUT2D eigenvalue weighted by Crippen LogP contribution is -2.35. The number of nitrogens with one attached hydrogen (secondary N) is 2. The van der Waals surface area contributed by atoms with Gasteiger partial charge in [0, 0.05) is 4.47 Å². The summed E-state index contributed by atoms with van der Waals surface area (Å²) in [6, 6.07) is 5.14. The second-order valence-corrected chi connectivity index (χ2v) is 5.91. The Balaban J connectivity index is 2.86. The Kier molecular flexibility index (Phi) is 5.61. The average molecular weight is 351 g/mol. The Morgan fingerprint density at radius 3 is 2.63 bits per heavy atom. The second kappa shape index (κ2) is 6.76. The largest absolute Gasteiger partial charge is 0.449 e. The molecule has 1 aromatic carbocycles. The molecule has 2 N–H and O–H groups in total. The number of amides is 1. The van der Waals surface area contributed by atoms with Gasteiger partial charge in [-0.2, -0.15) is 8.42 Å². The first-order valence-corrected chi connectivity index (χ1v) is 7.91. The molecular formula is C11H15BrN2O4S. The molecule has 0 heterocycles. The van der Waals surface area contributed by atoms with Gasteiger partial charge in [0.25, 0.3) is 0 Å². The van der Waals surface area contributed by atoms with Gasteiger partial charge in [0.2, 0.25) is 0 Å². The van der Waals surface area contributed by atoms with Crippen molar-refractivity contribution in [1.29, 1.82) is 0 Å². The SMILES string of the molecule is CCOC(=O)NS(=O)(=O)Nc1ccc(Br)cc1CC. The molecule has 0 aliphatic carbocycles. The van der Waals surface area contributed by atoms with E-state index >= 15 is 0 Å². The molecule has 0 spiro atoms. The molecule has 106 valence electrons. The van der Waals surface area contributed by atoms with Crippen LogP contribution in [0.2, 0.25) is 0 Å². The fourth-order valence-corrected chi connectivity index (χ4v) is 2.62. The minimum absolute atomic E-state index is 0.0971. The molecule has 0 radical (unpaired) electrons. The van der Waals surface area contributed by atoms with Crippen molar-refractivity contribution in [2.75, 3.05) is 11.3 Å². The molecule has 0 aliphatic rings. The number of anilines is 1. The van der Waals surface area contributed by atoms with Crippen LogP contribution in [0.4, 0.5) is 10.5 Å². The first kappa shape index (κ1) is 15.8. The van der Waals surface area contributed by atoms with Crippen molar-refractivity contribution in [2.24, 2.45) is 0 Å². The molecule has 0 atom stereocenters. The molecule has 1 aromatic rings. The quantitative estimate of drug-likeness (QED) is 0.853. The summed E-state index contributed by atoms with van der Waals surface area (Å²) in [5, 5.41) is 0. The summed E-state index contributed by atoms with van der Waals surface area (Å²) >= 11 is 3.31. The van der Waals surface area contributed by atoms with Crippen LogP contribution < -0.4 is 9.44 Å². The molecule has 1 amide bonds. The maximum Gasteiger partial charge on any atom is 0.422 e. The molecule has 0 unspecified atom stereocenters.